The molecule has 0 bridgehead atoms. The van der Waals surface area contributed by atoms with Crippen LogP contribution in [0.2, 0.25) is 0 Å². The summed E-state index contributed by atoms with van der Waals surface area (Å²) in [5.74, 6) is -3.37. The third-order valence-electron chi connectivity index (χ3n) is 4.60. The lowest BCUT2D eigenvalue weighted by atomic mass is 9.77. The highest BCUT2D eigenvalue weighted by atomic mass is 79.9. The van der Waals surface area contributed by atoms with Gasteiger partial charge in [-0.25, -0.2) is 4.79 Å². The van der Waals surface area contributed by atoms with Gasteiger partial charge in [0.2, 0.25) is 0 Å². The number of benzene rings is 2. The van der Waals surface area contributed by atoms with Crippen LogP contribution in [0.1, 0.15) is 44.2 Å². The highest BCUT2D eigenvalue weighted by Crippen LogP contribution is 2.49. The van der Waals surface area contributed by atoms with E-state index in [2.05, 4.69) is 21.1 Å². The van der Waals surface area contributed by atoms with Crippen LogP contribution in [0.5, 0.6) is 0 Å². The maximum Gasteiger partial charge on any atom is 0.400 e. The van der Waals surface area contributed by atoms with Gasteiger partial charge in [0.15, 0.2) is 0 Å². The molecule has 0 spiro atoms. The second kappa shape index (κ2) is 8.06. The molecule has 0 unspecified atom stereocenters. The first-order valence-electron chi connectivity index (χ1n) is 9.28. The van der Waals surface area contributed by atoms with Crippen LogP contribution in [0, 0.1) is 0 Å². The lowest BCUT2D eigenvalue weighted by Crippen LogP contribution is -2.53. The van der Waals surface area contributed by atoms with E-state index in [0.29, 0.717) is 10.0 Å². The number of alkyl halides is 3. The molecule has 160 valence electrons. The Kier molecular flexibility index (Phi) is 6.00. The molecule has 3 rings (SSSR count). The number of carbonyl (C=O) groups excluding carboxylic acids is 1. The van der Waals surface area contributed by atoms with Crippen molar-refractivity contribution >= 4 is 27.6 Å². The van der Waals surface area contributed by atoms with Crippen LogP contribution in [0.15, 0.2) is 64.2 Å². The van der Waals surface area contributed by atoms with Crippen molar-refractivity contribution < 1.29 is 27.5 Å². The minimum absolute atomic E-state index is 0.110. The fourth-order valence-corrected chi connectivity index (χ4v) is 3.62. The van der Waals surface area contributed by atoms with Crippen LogP contribution in [0.3, 0.4) is 0 Å². The fraction of sp³-hybridized carbons (Fsp3) is 0.364. The zero-order valence-corrected chi connectivity index (χ0v) is 18.3. The minimum Gasteiger partial charge on any atom is -0.457 e. The van der Waals surface area contributed by atoms with E-state index in [4.69, 9.17) is 9.57 Å². The van der Waals surface area contributed by atoms with Gasteiger partial charge < -0.3 is 9.57 Å². The zero-order valence-electron chi connectivity index (χ0n) is 16.7. The van der Waals surface area contributed by atoms with Crippen LogP contribution in [0.4, 0.5) is 13.2 Å². The molecule has 0 saturated heterocycles. The molecule has 8 heteroatoms. The summed E-state index contributed by atoms with van der Waals surface area (Å²) in [7, 11) is 0. The number of esters is 1. The van der Waals surface area contributed by atoms with Crippen molar-refractivity contribution in [3.8, 4) is 0 Å². The molecule has 0 aromatic heterocycles. The first kappa shape index (κ1) is 22.3. The summed E-state index contributed by atoms with van der Waals surface area (Å²) in [4.78, 5) is 18.5. The summed E-state index contributed by atoms with van der Waals surface area (Å²) in [5.41, 5.74) is -2.64. The Bertz CT molecular complexity index is 937. The van der Waals surface area contributed by atoms with Gasteiger partial charge in [0, 0.05) is 10.9 Å². The Morgan fingerprint density at radius 1 is 1.10 bits per heavy atom. The number of ether oxygens (including phenoxy) is 1. The first-order valence-corrected chi connectivity index (χ1v) is 10.1. The van der Waals surface area contributed by atoms with E-state index < -0.39 is 29.3 Å². The largest absolute Gasteiger partial charge is 0.457 e. The average Bonchev–Trinajstić information content (AvgIpc) is 3.08. The van der Waals surface area contributed by atoms with Gasteiger partial charge in [0.1, 0.15) is 11.5 Å². The summed E-state index contributed by atoms with van der Waals surface area (Å²) in [6.07, 6.45) is -5.15. The lowest BCUT2D eigenvalue weighted by molar-refractivity contribution is -0.223. The third kappa shape index (κ3) is 4.69. The summed E-state index contributed by atoms with van der Waals surface area (Å²) in [6.45, 7) is 4.78. The van der Waals surface area contributed by atoms with E-state index >= 15 is 0 Å². The highest BCUT2D eigenvalue weighted by Gasteiger charge is 2.64. The number of oxime groups is 1. The highest BCUT2D eigenvalue weighted by molar-refractivity contribution is 9.10. The molecule has 1 aliphatic heterocycles. The molecule has 0 saturated carbocycles. The van der Waals surface area contributed by atoms with Gasteiger partial charge in [-0.1, -0.05) is 63.6 Å². The quantitative estimate of drug-likeness (QED) is 0.501. The Morgan fingerprint density at radius 2 is 1.70 bits per heavy atom. The molecule has 1 heterocycles. The minimum atomic E-state index is -4.79. The van der Waals surface area contributed by atoms with Crippen molar-refractivity contribution in [2.75, 3.05) is 0 Å². The Labute approximate surface area is 181 Å². The zero-order chi connectivity index (χ0) is 22.2. The second-order valence-corrected chi connectivity index (χ2v) is 9.01. The molecule has 2 aromatic carbocycles. The number of hydrogen-bond acceptors (Lipinski definition) is 4. The van der Waals surface area contributed by atoms with Crippen LogP contribution < -0.4 is 0 Å². The first-order chi connectivity index (χ1) is 13.9. The molecule has 0 aliphatic carbocycles. The summed E-state index contributed by atoms with van der Waals surface area (Å²) < 4.78 is 49.1. The Hall–Kier alpha value is -2.35. The molecule has 2 aromatic rings. The maximum atomic E-state index is 14.4. The number of hydrogen-bond donors (Lipinski definition) is 0. The van der Waals surface area contributed by atoms with E-state index in [1.54, 1.807) is 51.1 Å². The number of nitrogens with zero attached hydrogens (tertiary/aromatic N) is 1. The van der Waals surface area contributed by atoms with Crippen molar-refractivity contribution in [1.29, 1.82) is 0 Å². The Balaban J connectivity index is 2.11. The molecule has 1 aliphatic rings. The molecule has 0 radical (unpaired) electrons. The second-order valence-electron chi connectivity index (χ2n) is 8.09. The number of carbonyl (C=O) groups is 1. The normalized spacial score (nSPS) is 20.3. The van der Waals surface area contributed by atoms with E-state index in [9.17, 15) is 18.0 Å². The number of rotatable bonds is 4. The molecule has 0 fully saturated rings. The number of halogens is 4. The molecule has 2 atom stereocenters. The Morgan fingerprint density at radius 3 is 2.23 bits per heavy atom. The van der Waals surface area contributed by atoms with Gasteiger partial charge in [-0.3, -0.25) is 0 Å². The van der Waals surface area contributed by atoms with Crippen LogP contribution >= 0.6 is 15.9 Å². The van der Waals surface area contributed by atoms with E-state index in [1.165, 1.54) is 24.3 Å². The van der Waals surface area contributed by atoms with Crippen LogP contribution in [0.25, 0.3) is 0 Å². The SMILES string of the molecule is CC(C)(C)OC(=O)[C@]1([C@H](c2ccc(Br)cc2)C(F)(F)F)CC(c2ccccc2)=NO1. The molecule has 4 nitrogen and oxygen atoms in total. The topological polar surface area (TPSA) is 47.9 Å². The van der Waals surface area contributed by atoms with E-state index in [-0.39, 0.29) is 17.7 Å². The molecular weight excluding hydrogens is 463 g/mol. The van der Waals surface area contributed by atoms with Gasteiger partial charge in [0.05, 0.1) is 5.71 Å². The maximum absolute atomic E-state index is 14.4. The lowest BCUT2D eigenvalue weighted by Gasteiger charge is -2.36. The summed E-state index contributed by atoms with van der Waals surface area (Å²) in [6, 6.07) is 14.3. The smallest absolute Gasteiger partial charge is 0.400 e. The predicted octanol–water partition coefficient (Wildman–Crippen LogP) is 6.00. The van der Waals surface area contributed by atoms with Crippen LogP contribution in [-0.2, 0) is 14.4 Å². The van der Waals surface area contributed by atoms with E-state index in [0.717, 1.165) is 0 Å². The summed E-state index contributed by atoms with van der Waals surface area (Å²) >= 11 is 3.22. The van der Waals surface area contributed by atoms with Gasteiger partial charge in [-0.2, -0.15) is 13.2 Å². The van der Waals surface area contributed by atoms with E-state index in [1.807, 2.05) is 0 Å². The molecule has 0 amide bonds. The van der Waals surface area contributed by atoms with Crippen molar-refractivity contribution in [1.82, 2.24) is 0 Å². The van der Waals surface area contributed by atoms with Gasteiger partial charge >= 0.3 is 12.1 Å². The fourth-order valence-electron chi connectivity index (χ4n) is 3.36. The third-order valence-corrected chi connectivity index (χ3v) is 5.13. The summed E-state index contributed by atoms with van der Waals surface area (Å²) in [5, 5.41) is 3.89. The van der Waals surface area contributed by atoms with Gasteiger partial charge in [-0.15, -0.1) is 0 Å². The average molecular weight is 484 g/mol. The van der Waals surface area contributed by atoms with Crippen molar-refractivity contribution in [2.24, 2.45) is 5.16 Å². The van der Waals surface area contributed by atoms with Gasteiger partial charge in [0.25, 0.3) is 5.60 Å². The van der Waals surface area contributed by atoms with Crippen LogP contribution in [-0.4, -0.2) is 29.1 Å². The molecular formula is C22H21BrF3NO3. The molecule has 30 heavy (non-hydrogen) atoms. The molecule has 0 N–H and O–H groups in total. The van der Waals surface area contributed by atoms with Gasteiger partial charge in [-0.05, 0) is 44.0 Å². The van der Waals surface area contributed by atoms with Crippen molar-refractivity contribution in [3.05, 3.63) is 70.2 Å². The predicted molar refractivity (Wildman–Crippen MR) is 110 cm³/mol. The van der Waals surface area contributed by atoms with Crippen molar-refractivity contribution in [3.63, 3.8) is 0 Å². The monoisotopic (exact) mass is 483 g/mol. The van der Waals surface area contributed by atoms with Crippen molar-refractivity contribution in [2.45, 2.75) is 50.5 Å². The standard InChI is InChI=1S/C22H21BrF3NO3/c1-20(2,3)29-19(28)21(13-17(27-30-21)14-7-5-4-6-8-14)18(22(24,25)26)15-9-11-16(23)12-10-15/h4-12,18H,13H2,1-3H3/t18-,21+/m0/s1.